The molecule has 0 amide bonds. The van der Waals surface area contributed by atoms with E-state index < -0.39 is 0 Å². The van der Waals surface area contributed by atoms with Crippen LogP contribution in [0.2, 0.25) is 0 Å². The van der Waals surface area contributed by atoms with Gasteiger partial charge in [0.05, 0.1) is 12.7 Å². The molecule has 1 heterocycles. The first-order valence-corrected chi connectivity index (χ1v) is 5.81. The fourth-order valence-electron chi connectivity index (χ4n) is 1.30. The Labute approximate surface area is 97.4 Å². The Morgan fingerprint density at radius 2 is 2.06 bits per heavy atom. The summed E-state index contributed by atoms with van der Waals surface area (Å²) in [6, 6.07) is 11.0. The maximum absolute atomic E-state index is 11.4. The second-order valence-electron chi connectivity index (χ2n) is 3.12. The summed E-state index contributed by atoms with van der Waals surface area (Å²) in [5.41, 5.74) is 0.673. The Morgan fingerprint density at radius 3 is 2.75 bits per heavy atom. The quantitative estimate of drug-likeness (QED) is 0.818. The van der Waals surface area contributed by atoms with Crippen LogP contribution in [0.25, 0.3) is 10.6 Å². The van der Waals surface area contributed by atoms with Gasteiger partial charge in [-0.15, -0.1) is 0 Å². The van der Waals surface area contributed by atoms with Crippen molar-refractivity contribution in [3.8, 4) is 15.6 Å². The Hall–Kier alpha value is -1.68. The van der Waals surface area contributed by atoms with Gasteiger partial charge in [-0.25, -0.2) is 0 Å². The highest BCUT2D eigenvalue weighted by atomic mass is 32.1. The zero-order valence-electron chi connectivity index (χ0n) is 8.84. The Kier molecular flexibility index (Phi) is 3.31. The molecule has 0 saturated carbocycles. The van der Waals surface area contributed by atoms with Crippen LogP contribution in [0.5, 0.6) is 5.06 Å². The minimum Gasteiger partial charge on any atom is -0.484 e. The van der Waals surface area contributed by atoms with E-state index >= 15 is 0 Å². The maximum atomic E-state index is 11.4. The second kappa shape index (κ2) is 4.90. The molecule has 82 valence electrons. The molecular weight excluding hydrogens is 222 g/mol. The number of ether oxygens (including phenoxy) is 1. The van der Waals surface area contributed by atoms with Gasteiger partial charge in [-0.05, 0) is 6.92 Å². The molecule has 0 spiro atoms. The van der Waals surface area contributed by atoms with E-state index in [0.717, 1.165) is 5.56 Å². The summed E-state index contributed by atoms with van der Waals surface area (Å²) in [6.07, 6.45) is 0. The van der Waals surface area contributed by atoms with Gasteiger partial charge in [0.25, 0.3) is 5.56 Å². The van der Waals surface area contributed by atoms with Crippen molar-refractivity contribution in [3.05, 3.63) is 46.8 Å². The number of hydrogen-bond acceptors (Lipinski definition) is 4. The van der Waals surface area contributed by atoms with Crippen LogP contribution in [-0.4, -0.2) is 11.6 Å². The van der Waals surface area contributed by atoms with E-state index in [2.05, 4.69) is 4.98 Å². The average Bonchev–Trinajstić information content (AvgIpc) is 2.30. The van der Waals surface area contributed by atoms with Crippen molar-refractivity contribution >= 4 is 11.3 Å². The third-order valence-corrected chi connectivity index (χ3v) is 2.91. The van der Waals surface area contributed by atoms with Crippen LogP contribution in [0.3, 0.4) is 0 Å². The molecule has 0 aliphatic heterocycles. The highest BCUT2D eigenvalue weighted by molar-refractivity contribution is 7.16. The molecule has 0 unspecified atom stereocenters. The van der Waals surface area contributed by atoms with Crippen molar-refractivity contribution < 1.29 is 4.74 Å². The van der Waals surface area contributed by atoms with Crippen molar-refractivity contribution in [2.75, 3.05) is 6.61 Å². The third-order valence-electron chi connectivity index (χ3n) is 1.96. The largest absolute Gasteiger partial charge is 0.484 e. The highest BCUT2D eigenvalue weighted by Crippen LogP contribution is 2.26. The highest BCUT2D eigenvalue weighted by Gasteiger charge is 2.04. The molecular formula is C12H11NO2S. The molecule has 0 N–H and O–H groups in total. The van der Waals surface area contributed by atoms with Crippen LogP contribution in [0.15, 0.2) is 41.2 Å². The topological polar surface area (TPSA) is 39.2 Å². The van der Waals surface area contributed by atoms with Crippen LogP contribution in [0.4, 0.5) is 0 Å². The van der Waals surface area contributed by atoms with Crippen molar-refractivity contribution in [2.45, 2.75) is 6.92 Å². The lowest BCUT2D eigenvalue weighted by Gasteiger charge is -2.03. The van der Waals surface area contributed by atoms with E-state index in [-0.39, 0.29) is 5.56 Å². The van der Waals surface area contributed by atoms with E-state index in [9.17, 15) is 4.79 Å². The summed E-state index contributed by atoms with van der Waals surface area (Å²) >= 11 is 1.38. The van der Waals surface area contributed by atoms with Crippen molar-refractivity contribution in [3.63, 3.8) is 0 Å². The molecule has 16 heavy (non-hydrogen) atoms. The fourth-order valence-corrected chi connectivity index (χ4v) is 2.21. The Morgan fingerprint density at radius 1 is 1.31 bits per heavy atom. The van der Waals surface area contributed by atoms with Crippen molar-refractivity contribution in [1.82, 2.24) is 4.98 Å². The molecule has 1 aromatic carbocycles. The number of aromatic nitrogens is 1. The van der Waals surface area contributed by atoms with Crippen LogP contribution < -0.4 is 10.3 Å². The lowest BCUT2D eigenvalue weighted by Crippen LogP contribution is -2.05. The molecule has 0 aliphatic rings. The summed E-state index contributed by atoms with van der Waals surface area (Å²) < 4.78 is 5.33. The molecule has 2 rings (SSSR count). The van der Waals surface area contributed by atoms with Crippen LogP contribution in [0.1, 0.15) is 6.92 Å². The summed E-state index contributed by atoms with van der Waals surface area (Å²) in [5.74, 6) is 0. The summed E-state index contributed by atoms with van der Waals surface area (Å²) in [7, 11) is 0. The average molecular weight is 233 g/mol. The predicted octanol–water partition coefficient (Wildman–Crippen LogP) is 2.57. The van der Waals surface area contributed by atoms with Gasteiger partial charge in [0.15, 0.2) is 5.06 Å². The minimum absolute atomic E-state index is 0.263. The molecule has 0 bridgehead atoms. The normalized spacial score (nSPS) is 10.1. The predicted molar refractivity (Wildman–Crippen MR) is 65.0 cm³/mol. The molecule has 2 aromatic rings. The first-order valence-electron chi connectivity index (χ1n) is 5.00. The molecule has 0 saturated heterocycles. The van der Waals surface area contributed by atoms with Crippen LogP contribution in [0, 0.1) is 0 Å². The van der Waals surface area contributed by atoms with E-state index in [4.69, 9.17) is 4.74 Å². The van der Waals surface area contributed by atoms with Gasteiger partial charge in [0.2, 0.25) is 0 Å². The van der Waals surface area contributed by atoms with Gasteiger partial charge >= 0.3 is 0 Å². The van der Waals surface area contributed by atoms with Gasteiger partial charge in [-0.2, -0.15) is 4.98 Å². The Bertz CT molecular complexity index is 522. The zero-order valence-corrected chi connectivity index (χ0v) is 9.66. The first-order chi connectivity index (χ1) is 7.79. The van der Waals surface area contributed by atoms with Crippen molar-refractivity contribution in [1.29, 1.82) is 0 Å². The number of hydrogen-bond donors (Lipinski definition) is 0. The fraction of sp³-hybridized carbons (Fsp3) is 0.167. The molecule has 0 radical (unpaired) electrons. The molecule has 0 aliphatic carbocycles. The van der Waals surface area contributed by atoms with Crippen molar-refractivity contribution in [2.24, 2.45) is 0 Å². The monoisotopic (exact) mass is 233 g/mol. The van der Waals surface area contributed by atoms with Crippen LogP contribution >= 0.6 is 11.3 Å². The lowest BCUT2D eigenvalue weighted by atomic mass is 10.2. The van der Waals surface area contributed by atoms with E-state index in [1.807, 2.05) is 37.3 Å². The smallest absolute Gasteiger partial charge is 0.275 e. The van der Waals surface area contributed by atoms with E-state index in [1.165, 1.54) is 17.4 Å². The SMILES string of the molecule is CCOc1cc(=O)nc(-c2ccccc2)s1. The van der Waals surface area contributed by atoms with E-state index in [1.54, 1.807) is 0 Å². The summed E-state index contributed by atoms with van der Waals surface area (Å²) in [5, 5.41) is 1.30. The van der Waals surface area contributed by atoms with Gasteiger partial charge in [-0.1, -0.05) is 41.7 Å². The van der Waals surface area contributed by atoms with Crippen LogP contribution in [-0.2, 0) is 0 Å². The Balaban J connectivity index is 2.45. The van der Waals surface area contributed by atoms with Gasteiger partial charge in [0.1, 0.15) is 5.01 Å². The molecule has 0 atom stereocenters. The summed E-state index contributed by atoms with van der Waals surface area (Å²) in [6.45, 7) is 2.44. The molecule has 4 heteroatoms. The number of rotatable bonds is 3. The first kappa shape index (κ1) is 10.8. The zero-order chi connectivity index (χ0) is 11.4. The number of benzene rings is 1. The second-order valence-corrected chi connectivity index (χ2v) is 4.11. The molecule has 0 fully saturated rings. The minimum atomic E-state index is -0.263. The van der Waals surface area contributed by atoms with Gasteiger partial charge in [0, 0.05) is 5.56 Å². The molecule has 1 aromatic heterocycles. The lowest BCUT2D eigenvalue weighted by molar-refractivity contribution is 0.349. The number of nitrogens with zero attached hydrogens (tertiary/aromatic N) is 1. The maximum Gasteiger partial charge on any atom is 0.275 e. The molecule has 3 nitrogen and oxygen atoms in total. The standard InChI is InChI=1S/C12H11NO2S/c1-2-15-11-8-10(14)13-12(16-11)9-6-4-3-5-7-9/h3-8H,2H2,1H3. The summed E-state index contributed by atoms with van der Waals surface area (Å²) in [4.78, 5) is 15.3. The van der Waals surface area contributed by atoms with Gasteiger partial charge in [-0.3, -0.25) is 4.79 Å². The van der Waals surface area contributed by atoms with E-state index in [0.29, 0.717) is 16.7 Å². The van der Waals surface area contributed by atoms with Gasteiger partial charge < -0.3 is 4.74 Å². The third kappa shape index (κ3) is 2.46.